The van der Waals surface area contributed by atoms with Crippen molar-refractivity contribution in [3.05, 3.63) is 10.9 Å². The van der Waals surface area contributed by atoms with Gasteiger partial charge in [0.1, 0.15) is 5.69 Å². The molecule has 0 aromatic carbocycles. The quantitative estimate of drug-likeness (QED) is 0.844. The van der Waals surface area contributed by atoms with Gasteiger partial charge in [-0.3, -0.25) is 9.36 Å². The van der Waals surface area contributed by atoms with Gasteiger partial charge in [0.2, 0.25) is 0 Å². The molecule has 1 aliphatic rings. The first-order chi connectivity index (χ1) is 8.75. The lowest BCUT2D eigenvalue weighted by Gasteiger charge is -2.05. The van der Waals surface area contributed by atoms with Crippen molar-refractivity contribution in [1.29, 1.82) is 0 Å². The number of hydrogen-bond donors (Lipinski definition) is 1. The molecule has 0 bridgehead atoms. The van der Waals surface area contributed by atoms with Crippen molar-refractivity contribution in [2.75, 3.05) is 5.75 Å². The molecule has 1 saturated carbocycles. The van der Waals surface area contributed by atoms with E-state index in [0.717, 1.165) is 24.4 Å². The number of aliphatic carboxylic acids is 1. The first-order valence-corrected chi connectivity index (χ1v) is 7.36. The van der Waals surface area contributed by atoms with E-state index in [2.05, 4.69) is 15.2 Å². The Kier molecular flexibility index (Phi) is 3.04. The topological polar surface area (TPSA) is 80.9 Å². The van der Waals surface area contributed by atoms with Crippen molar-refractivity contribution < 1.29 is 9.90 Å². The van der Waals surface area contributed by atoms with Gasteiger partial charge in [0.15, 0.2) is 11.0 Å². The number of carboxylic acids is 1. The van der Waals surface area contributed by atoms with Crippen LogP contribution < -0.4 is 0 Å². The highest BCUT2D eigenvalue weighted by molar-refractivity contribution is 7.99. The van der Waals surface area contributed by atoms with Gasteiger partial charge in [0.25, 0.3) is 0 Å². The number of thiazole rings is 1. The van der Waals surface area contributed by atoms with Crippen LogP contribution in [-0.4, -0.2) is 36.6 Å². The smallest absolute Gasteiger partial charge is 0.313 e. The van der Waals surface area contributed by atoms with Gasteiger partial charge in [-0.15, -0.1) is 21.5 Å². The number of aromatic nitrogens is 4. The molecule has 0 radical (unpaired) electrons. The van der Waals surface area contributed by atoms with Gasteiger partial charge in [-0.25, -0.2) is 4.98 Å². The summed E-state index contributed by atoms with van der Waals surface area (Å²) in [5.74, 6) is -0.103. The molecule has 1 fully saturated rings. The molecule has 0 atom stereocenters. The maximum Gasteiger partial charge on any atom is 0.313 e. The molecule has 2 heterocycles. The Balaban J connectivity index is 1.93. The molecule has 2 aromatic rings. The Bertz CT molecular complexity index is 562. The molecule has 0 amide bonds. The predicted molar refractivity (Wildman–Crippen MR) is 67.8 cm³/mol. The van der Waals surface area contributed by atoms with Gasteiger partial charge in [0.05, 0.1) is 11.3 Å². The largest absolute Gasteiger partial charge is 0.481 e. The van der Waals surface area contributed by atoms with Crippen molar-refractivity contribution in [1.82, 2.24) is 19.7 Å². The molecule has 0 unspecified atom stereocenters. The van der Waals surface area contributed by atoms with Crippen LogP contribution in [-0.2, 0) is 4.79 Å². The number of nitrogens with zero attached hydrogens (tertiary/aromatic N) is 4. The molecule has 6 nitrogen and oxygen atoms in total. The van der Waals surface area contributed by atoms with E-state index in [-0.39, 0.29) is 5.75 Å². The second kappa shape index (κ2) is 4.69. The number of hydrogen-bond acceptors (Lipinski definition) is 6. The lowest BCUT2D eigenvalue weighted by atomic mass is 10.4. The summed E-state index contributed by atoms with van der Waals surface area (Å²) in [6.07, 6.45) is 2.19. The van der Waals surface area contributed by atoms with E-state index in [0.29, 0.717) is 11.2 Å². The average Bonchev–Trinajstić information content (AvgIpc) is 2.90. The van der Waals surface area contributed by atoms with E-state index < -0.39 is 5.97 Å². The molecule has 94 valence electrons. The van der Waals surface area contributed by atoms with E-state index in [1.54, 1.807) is 5.51 Å². The number of thioether (sulfide) groups is 1. The van der Waals surface area contributed by atoms with E-state index >= 15 is 0 Å². The maximum atomic E-state index is 10.6. The van der Waals surface area contributed by atoms with Crippen LogP contribution in [0.3, 0.4) is 0 Å². The van der Waals surface area contributed by atoms with Crippen molar-refractivity contribution in [3.63, 3.8) is 0 Å². The van der Waals surface area contributed by atoms with E-state index in [1.807, 2.05) is 9.95 Å². The van der Waals surface area contributed by atoms with Gasteiger partial charge in [-0.2, -0.15) is 0 Å². The maximum absolute atomic E-state index is 10.6. The highest BCUT2D eigenvalue weighted by Gasteiger charge is 2.30. The summed E-state index contributed by atoms with van der Waals surface area (Å²) < 4.78 is 2.02. The molecule has 0 spiro atoms. The van der Waals surface area contributed by atoms with Crippen molar-refractivity contribution in [2.45, 2.75) is 24.0 Å². The third-order valence-electron chi connectivity index (χ3n) is 2.56. The van der Waals surface area contributed by atoms with Crippen molar-refractivity contribution >= 4 is 29.1 Å². The molecule has 3 rings (SSSR count). The first kappa shape index (κ1) is 11.7. The Hall–Kier alpha value is -1.41. The molecule has 2 aromatic heterocycles. The fraction of sp³-hybridized carbons (Fsp3) is 0.400. The number of rotatable bonds is 5. The van der Waals surface area contributed by atoms with Crippen LogP contribution in [0.2, 0.25) is 0 Å². The molecular formula is C10H10N4O2S2. The van der Waals surface area contributed by atoms with Gasteiger partial charge >= 0.3 is 5.97 Å². The van der Waals surface area contributed by atoms with Crippen LogP contribution in [0.25, 0.3) is 11.5 Å². The number of carbonyl (C=O) groups is 1. The highest BCUT2D eigenvalue weighted by atomic mass is 32.2. The second-order valence-corrected chi connectivity index (χ2v) is 5.62. The zero-order valence-electron chi connectivity index (χ0n) is 9.31. The Morgan fingerprint density at radius 2 is 2.39 bits per heavy atom. The minimum absolute atomic E-state index is 0.00190. The molecule has 18 heavy (non-hydrogen) atoms. The van der Waals surface area contributed by atoms with Gasteiger partial charge < -0.3 is 5.11 Å². The summed E-state index contributed by atoms with van der Waals surface area (Å²) in [7, 11) is 0. The van der Waals surface area contributed by atoms with E-state index in [4.69, 9.17) is 5.11 Å². The van der Waals surface area contributed by atoms with Crippen LogP contribution >= 0.6 is 23.1 Å². The number of carboxylic acid groups (broad SMARTS) is 1. The van der Waals surface area contributed by atoms with Crippen LogP contribution in [0, 0.1) is 0 Å². The highest BCUT2D eigenvalue weighted by Crippen LogP contribution is 2.40. The summed E-state index contributed by atoms with van der Waals surface area (Å²) in [4.78, 5) is 14.9. The Morgan fingerprint density at radius 1 is 1.56 bits per heavy atom. The standard InChI is InChI=1S/C10H10N4O2S2/c15-8(16)4-18-10-13-12-9(7-3-17-5-11-7)14(10)6-1-2-6/h3,5-6H,1-2,4H2,(H,15,16). The minimum Gasteiger partial charge on any atom is -0.481 e. The molecule has 8 heteroatoms. The summed E-state index contributed by atoms with van der Waals surface area (Å²) >= 11 is 2.72. The average molecular weight is 282 g/mol. The summed E-state index contributed by atoms with van der Waals surface area (Å²) in [5.41, 5.74) is 2.56. The lowest BCUT2D eigenvalue weighted by Crippen LogP contribution is -2.03. The minimum atomic E-state index is -0.847. The monoisotopic (exact) mass is 282 g/mol. The third kappa shape index (κ3) is 2.25. The summed E-state index contributed by atoms with van der Waals surface area (Å²) in [5, 5.41) is 19.5. The van der Waals surface area contributed by atoms with Crippen LogP contribution in [0.5, 0.6) is 0 Å². The van der Waals surface area contributed by atoms with Crippen molar-refractivity contribution in [2.24, 2.45) is 0 Å². The summed E-state index contributed by atoms with van der Waals surface area (Å²) in [6, 6.07) is 0.396. The molecule has 1 aliphatic carbocycles. The molecule has 1 N–H and O–H groups in total. The predicted octanol–water partition coefficient (Wildman–Crippen LogP) is 1.91. The first-order valence-electron chi connectivity index (χ1n) is 5.44. The fourth-order valence-corrected chi connectivity index (χ4v) is 2.92. The van der Waals surface area contributed by atoms with Crippen LogP contribution in [0.4, 0.5) is 0 Å². The van der Waals surface area contributed by atoms with Gasteiger partial charge in [-0.05, 0) is 12.8 Å². The molecular weight excluding hydrogens is 272 g/mol. The van der Waals surface area contributed by atoms with Gasteiger partial charge in [0, 0.05) is 11.4 Å². The lowest BCUT2D eigenvalue weighted by molar-refractivity contribution is -0.133. The third-order valence-corrected chi connectivity index (χ3v) is 4.08. The fourth-order valence-electron chi connectivity index (χ4n) is 1.66. The van der Waals surface area contributed by atoms with E-state index in [1.165, 1.54) is 23.1 Å². The Labute approximate surface area is 111 Å². The van der Waals surface area contributed by atoms with E-state index in [9.17, 15) is 4.79 Å². The Morgan fingerprint density at radius 3 is 3.00 bits per heavy atom. The van der Waals surface area contributed by atoms with Crippen LogP contribution in [0.1, 0.15) is 18.9 Å². The zero-order chi connectivity index (χ0) is 12.5. The zero-order valence-corrected chi connectivity index (χ0v) is 10.9. The van der Waals surface area contributed by atoms with Crippen LogP contribution in [0.15, 0.2) is 16.0 Å². The molecule has 0 saturated heterocycles. The SMILES string of the molecule is O=C(O)CSc1nnc(-c2cscn2)n1C1CC1. The molecule has 0 aliphatic heterocycles. The second-order valence-electron chi connectivity index (χ2n) is 3.96. The summed E-state index contributed by atoms with van der Waals surface area (Å²) in [6.45, 7) is 0. The van der Waals surface area contributed by atoms with Crippen molar-refractivity contribution in [3.8, 4) is 11.5 Å². The van der Waals surface area contributed by atoms with Gasteiger partial charge in [-0.1, -0.05) is 11.8 Å². The normalized spacial score (nSPS) is 14.9.